The van der Waals surface area contributed by atoms with E-state index in [-0.39, 0.29) is 12.3 Å². The van der Waals surface area contributed by atoms with E-state index in [1.165, 1.54) is 31.4 Å². The number of ether oxygens (including phenoxy) is 1. The quantitative estimate of drug-likeness (QED) is 0.853. The summed E-state index contributed by atoms with van der Waals surface area (Å²) < 4.78 is 23.0. The first-order valence-corrected chi connectivity index (χ1v) is 6.98. The first-order chi connectivity index (χ1) is 10.9. The van der Waals surface area contributed by atoms with Crippen LogP contribution in [-0.4, -0.2) is 30.5 Å². The van der Waals surface area contributed by atoms with Crippen LogP contribution in [-0.2, 0) is 9.53 Å². The van der Waals surface area contributed by atoms with Gasteiger partial charge in [-0.2, -0.15) is 0 Å². The van der Waals surface area contributed by atoms with Crippen molar-refractivity contribution in [3.8, 4) is 0 Å². The Kier molecular flexibility index (Phi) is 5.10. The van der Waals surface area contributed by atoms with Gasteiger partial charge in [0.05, 0.1) is 18.7 Å². The normalized spacial score (nSPS) is 11.8. The molecule has 0 fully saturated rings. The van der Waals surface area contributed by atoms with Crippen molar-refractivity contribution in [1.82, 2.24) is 10.3 Å². The highest BCUT2D eigenvalue weighted by atomic mass is 19.1. The smallest absolute Gasteiger partial charge is 0.314 e. The van der Waals surface area contributed by atoms with E-state index in [2.05, 4.69) is 10.3 Å². The third kappa shape index (κ3) is 3.94. The molecular formula is C16H17FN2O4. The Morgan fingerprint density at radius 2 is 1.96 bits per heavy atom. The monoisotopic (exact) mass is 320 g/mol. The number of carbonyl (C=O) groups excluding carboxylic acids is 2. The van der Waals surface area contributed by atoms with Crippen molar-refractivity contribution in [2.45, 2.75) is 19.8 Å². The standard InChI is InChI=1S/C16H17FN2O4/c1-9-14(23-10(2)19-9)15(20)18-8-13(16(21)22-3)11-4-6-12(17)7-5-11/h4-7,13H,8H2,1-3H3,(H,18,20)/t13-/m1/s1. The van der Waals surface area contributed by atoms with Crippen LogP contribution < -0.4 is 5.32 Å². The summed E-state index contributed by atoms with van der Waals surface area (Å²) in [7, 11) is 1.25. The lowest BCUT2D eigenvalue weighted by Crippen LogP contribution is -2.32. The summed E-state index contributed by atoms with van der Waals surface area (Å²) in [6.07, 6.45) is 0. The van der Waals surface area contributed by atoms with Gasteiger partial charge in [-0.25, -0.2) is 9.37 Å². The number of halogens is 1. The second-order valence-electron chi connectivity index (χ2n) is 4.98. The predicted molar refractivity (Wildman–Crippen MR) is 79.5 cm³/mol. The van der Waals surface area contributed by atoms with Crippen molar-refractivity contribution in [2.24, 2.45) is 0 Å². The largest absolute Gasteiger partial charge is 0.468 e. The second-order valence-corrected chi connectivity index (χ2v) is 4.98. The van der Waals surface area contributed by atoms with Crippen molar-refractivity contribution >= 4 is 11.9 Å². The number of nitrogens with one attached hydrogen (secondary N) is 1. The summed E-state index contributed by atoms with van der Waals surface area (Å²) in [5.74, 6) is -1.66. The molecule has 0 bridgehead atoms. The lowest BCUT2D eigenvalue weighted by Gasteiger charge is -2.15. The molecule has 1 amide bonds. The second kappa shape index (κ2) is 7.04. The highest BCUT2D eigenvalue weighted by Crippen LogP contribution is 2.18. The number of nitrogens with zero attached hydrogens (tertiary/aromatic N) is 1. The number of hydrogen-bond acceptors (Lipinski definition) is 5. The van der Waals surface area contributed by atoms with Gasteiger partial charge in [-0.05, 0) is 24.6 Å². The number of amides is 1. The van der Waals surface area contributed by atoms with Crippen LogP contribution in [0.5, 0.6) is 0 Å². The number of oxazole rings is 1. The van der Waals surface area contributed by atoms with E-state index in [9.17, 15) is 14.0 Å². The molecule has 7 heteroatoms. The van der Waals surface area contributed by atoms with E-state index >= 15 is 0 Å². The number of methoxy groups -OCH3 is 1. The molecule has 0 saturated heterocycles. The zero-order valence-corrected chi connectivity index (χ0v) is 13.1. The molecule has 0 aliphatic rings. The maximum Gasteiger partial charge on any atom is 0.314 e. The molecule has 23 heavy (non-hydrogen) atoms. The lowest BCUT2D eigenvalue weighted by atomic mass is 9.99. The van der Waals surface area contributed by atoms with Gasteiger partial charge in [-0.3, -0.25) is 9.59 Å². The average molecular weight is 320 g/mol. The zero-order valence-electron chi connectivity index (χ0n) is 13.1. The van der Waals surface area contributed by atoms with Crippen LogP contribution in [0.25, 0.3) is 0 Å². The molecule has 6 nitrogen and oxygen atoms in total. The Morgan fingerprint density at radius 1 is 1.30 bits per heavy atom. The van der Waals surface area contributed by atoms with Crippen molar-refractivity contribution in [2.75, 3.05) is 13.7 Å². The summed E-state index contributed by atoms with van der Waals surface area (Å²) in [5.41, 5.74) is 1.01. The molecule has 1 heterocycles. The Morgan fingerprint density at radius 3 is 2.48 bits per heavy atom. The van der Waals surface area contributed by atoms with Crippen molar-refractivity contribution in [1.29, 1.82) is 0 Å². The molecular weight excluding hydrogens is 303 g/mol. The summed E-state index contributed by atoms with van der Waals surface area (Å²) in [5, 5.41) is 2.61. The van der Waals surface area contributed by atoms with Crippen molar-refractivity contribution in [3.05, 3.63) is 53.0 Å². The van der Waals surface area contributed by atoms with Gasteiger partial charge < -0.3 is 14.5 Å². The minimum absolute atomic E-state index is 0.00364. The van der Waals surface area contributed by atoms with Crippen LogP contribution in [0.1, 0.15) is 33.6 Å². The van der Waals surface area contributed by atoms with Gasteiger partial charge in [-0.15, -0.1) is 0 Å². The number of aryl methyl sites for hydroxylation is 2. The fourth-order valence-electron chi connectivity index (χ4n) is 2.19. The molecule has 1 N–H and O–H groups in total. The topological polar surface area (TPSA) is 81.4 Å². The van der Waals surface area contributed by atoms with E-state index in [4.69, 9.17) is 9.15 Å². The summed E-state index contributed by atoms with van der Waals surface area (Å²) in [6.45, 7) is 3.29. The minimum Gasteiger partial charge on any atom is -0.468 e. The third-order valence-electron chi connectivity index (χ3n) is 3.33. The van der Waals surface area contributed by atoms with E-state index in [0.717, 1.165) is 0 Å². The van der Waals surface area contributed by atoms with Crippen LogP contribution in [0.3, 0.4) is 0 Å². The van der Waals surface area contributed by atoms with Crippen molar-refractivity contribution in [3.63, 3.8) is 0 Å². The molecule has 0 unspecified atom stereocenters. The van der Waals surface area contributed by atoms with Gasteiger partial charge in [0.15, 0.2) is 5.89 Å². The molecule has 1 aromatic heterocycles. The minimum atomic E-state index is -0.742. The number of benzene rings is 1. The fourth-order valence-corrected chi connectivity index (χ4v) is 2.19. The predicted octanol–water partition coefficient (Wildman–Crippen LogP) is 2.12. The number of rotatable bonds is 5. The van der Waals surface area contributed by atoms with Gasteiger partial charge in [0.1, 0.15) is 5.82 Å². The molecule has 2 rings (SSSR count). The SMILES string of the molecule is COC(=O)[C@H](CNC(=O)c1oc(C)nc1C)c1ccc(F)cc1. The first-order valence-electron chi connectivity index (χ1n) is 6.98. The van der Waals surface area contributed by atoms with Crippen LogP contribution in [0.2, 0.25) is 0 Å². The molecule has 1 atom stereocenters. The van der Waals surface area contributed by atoms with Gasteiger partial charge in [0, 0.05) is 13.5 Å². The Hall–Kier alpha value is -2.70. The molecule has 0 aliphatic heterocycles. The zero-order chi connectivity index (χ0) is 17.0. The highest BCUT2D eigenvalue weighted by molar-refractivity contribution is 5.93. The molecule has 0 radical (unpaired) electrons. The Labute approximate surface area is 132 Å². The summed E-state index contributed by atoms with van der Waals surface area (Å²) in [4.78, 5) is 28.1. The highest BCUT2D eigenvalue weighted by Gasteiger charge is 2.24. The van der Waals surface area contributed by atoms with Crippen LogP contribution in [0.15, 0.2) is 28.7 Å². The van der Waals surface area contributed by atoms with E-state index < -0.39 is 23.6 Å². The van der Waals surface area contributed by atoms with Crippen molar-refractivity contribution < 1.29 is 23.1 Å². The van der Waals surface area contributed by atoms with Gasteiger partial charge in [0.2, 0.25) is 5.76 Å². The molecule has 0 spiro atoms. The average Bonchev–Trinajstić information content (AvgIpc) is 2.87. The molecule has 122 valence electrons. The van der Waals surface area contributed by atoms with Gasteiger partial charge in [0.25, 0.3) is 5.91 Å². The fraction of sp³-hybridized carbons (Fsp3) is 0.312. The van der Waals surface area contributed by atoms with Gasteiger partial charge in [-0.1, -0.05) is 12.1 Å². The molecule has 0 saturated carbocycles. The van der Waals surface area contributed by atoms with Crippen LogP contribution >= 0.6 is 0 Å². The first kappa shape index (κ1) is 16.7. The number of carbonyl (C=O) groups is 2. The maximum absolute atomic E-state index is 13.0. The van der Waals surface area contributed by atoms with E-state index in [1.54, 1.807) is 13.8 Å². The number of esters is 1. The lowest BCUT2D eigenvalue weighted by molar-refractivity contribution is -0.142. The number of hydrogen-bond donors (Lipinski definition) is 1. The third-order valence-corrected chi connectivity index (χ3v) is 3.33. The van der Waals surface area contributed by atoms with E-state index in [0.29, 0.717) is 17.1 Å². The molecule has 2 aromatic rings. The van der Waals surface area contributed by atoms with Crippen LogP contribution in [0.4, 0.5) is 4.39 Å². The Bertz CT molecular complexity index is 709. The Balaban J connectivity index is 2.12. The van der Waals surface area contributed by atoms with Gasteiger partial charge >= 0.3 is 5.97 Å². The van der Waals surface area contributed by atoms with E-state index in [1.807, 2.05) is 0 Å². The van der Waals surface area contributed by atoms with Crippen LogP contribution in [0, 0.1) is 19.7 Å². The molecule has 0 aliphatic carbocycles. The molecule has 1 aromatic carbocycles. The summed E-state index contributed by atoms with van der Waals surface area (Å²) in [6, 6.07) is 5.45. The number of aromatic nitrogens is 1. The maximum atomic E-state index is 13.0. The summed E-state index contributed by atoms with van der Waals surface area (Å²) >= 11 is 0.